The highest BCUT2D eigenvalue weighted by molar-refractivity contribution is 7.89. The number of carbonyl (C=O) groups is 1. The maximum absolute atomic E-state index is 13.6. The summed E-state index contributed by atoms with van der Waals surface area (Å²) in [7, 11) is -2.06. The van der Waals surface area contributed by atoms with Crippen molar-refractivity contribution in [2.45, 2.75) is 17.9 Å². The molecule has 0 heterocycles. The van der Waals surface area contributed by atoms with Crippen LogP contribution in [-0.4, -0.2) is 32.8 Å². The van der Waals surface area contributed by atoms with Gasteiger partial charge in [0.25, 0.3) is 0 Å². The van der Waals surface area contributed by atoms with Gasteiger partial charge in [0.15, 0.2) is 0 Å². The van der Waals surface area contributed by atoms with Crippen LogP contribution in [0.5, 0.6) is 0 Å². The molecule has 2 rings (SSSR count). The molecule has 0 aliphatic heterocycles. The second-order valence-corrected chi connectivity index (χ2v) is 7.40. The molecule has 6 nitrogen and oxygen atoms in total. The molecule has 9 heteroatoms. The van der Waals surface area contributed by atoms with Crippen LogP contribution in [-0.2, 0) is 21.4 Å². The Bertz CT molecular complexity index is 887. The van der Waals surface area contributed by atoms with Crippen molar-refractivity contribution in [3.63, 3.8) is 0 Å². The summed E-state index contributed by atoms with van der Waals surface area (Å²) in [4.78, 5) is 13.6. The van der Waals surface area contributed by atoms with Crippen molar-refractivity contribution in [3.05, 3.63) is 59.7 Å². The predicted octanol–water partition coefficient (Wildman–Crippen LogP) is 2.07. The Balaban J connectivity index is 1.84. The number of sulfonamides is 1. The third-order valence-electron chi connectivity index (χ3n) is 3.64. The quantitative estimate of drug-likeness (QED) is 0.766. The van der Waals surface area contributed by atoms with Crippen molar-refractivity contribution in [3.8, 4) is 0 Å². The van der Waals surface area contributed by atoms with Crippen LogP contribution in [0.3, 0.4) is 0 Å². The highest BCUT2D eigenvalue weighted by Gasteiger charge is 2.10. The SMILES string of the molecule is CN(CCC(=O)Nc1ccc(S(N)(=O)=O)cc1)Cc1ccc(F)cc1F. The number of hydrogen-bond donors (Lipinski definition) is 2. The van der Waals surface area contributed by atoms with Crippen molar-refractivity contribution in [2.24, 2.45) is 5.14 Å². The number of amides is 1. The second kappa shape index (κ2) is 8.35. The minimum atomic E-state index is -3.78. The summed E-state index contributed by atoms with van der Waals surface area (Å²) in [5.41, 5.74) is 0.780. The van der Waals surface area contributed by atoms with Crippen LogP contribution in [0.25, 0.3) is 0 Å². The van der Waals surface area contributed by atoms with Gasteiger partial charge < -0.3 is 10.2 Å². The normalized spacial score (nSPS) is 11.6. The Kier molecular flexibility index (Phi) is 6.41. The fourth-order valence-corrected chi connectivity index (χ4v) is 2.78. The molecular formula is C17H19F2N3O3S. The summed E-state index contributed by atoms with van der Waals surface area (Å²) >= 11 is 0. The van der Waals surface area contributed by atoms with Crippen LogP contribution in [0.2, 0.25) is 0 Å². The molecule has 2 aromatic rings. The number of benzene rings is 2. The number of hydrogen-bond acceptors (Lipinski definition) is 4. The van der Waals surface area contributed by atoms with E-state index in [0.717, 1.165) is 6.07 Å². The Hall–Kier alpha value is -2.36. The van der Waals surface area contributed by atoms with Crippen LogP contribution in [0.15, 0.2) is 47.4 Å². The lowest BCUT2D eigenvalue weighted by Crippen LogP contribution is -2.24. The topological polar surface area (TPSA) is 92.5 Å². The van der Waals surface area contributed by atoms with Gasteiger partial charge in [-0.2, -0.15) is 0 Å². The minimum Gasteiger partial charge on any atom is -0.326 e. The van der Waals surface area contributed by atoms with E-state index in [0.29, 0.717) is 17.8 Å². The Morgan fingerprint density at radius 3 is 2.38 bits per heavy atom. The molecule has 0 saturated heterocycles. The van der Waals surface area contributed by atoms with E-state index in [-0.39, 0.29) is 23.8 Å². The molecule has 0 atom stereocenters. The summed E-state index contributed by atoms with van der Waals surface area (Å²) in [6, 6.07) is 8.85. The van der Waals surface area contributed by atoms with Crippen molar-refractivity contribution in [1.82, 2.24) is 4.90 Å². The molecule has 140 valence electrons. The number of nitrogens with zero attached hydrogens (tertiary/aromatic N) is 1. The molecular weight excluding hydrogens is 364 g/mol. The van der Waals surface area contributed by atoms with Crippen LogP contribution in [0.4, 0.5) is 14.5 Å². The molecule has 0 radical (unpaired) electrons. The van der Waals surface area contributed by atoms with E-state index >= 15 is 0 Å². The lowest BCUT2D eigenvalue weighted by atomic mass is 10.2. The number of primary sulfonamides is 1. The van der Waals surface area contributed by atoms with Gasteiger partial charge in [-0.1, -0.05) is 6.07 Å². The molecule has 3 N–H and O–H groups in total. The lowest BCUT2D eigenvalue weighted by molar-refractivity contribution is -0.116. The summed E-state index contributed by atoms with van der Waals surface area (Å²) in [5, 5.41) is 7.64. The van der Waals surface area contributed by atoms with Crippen molar-refractivity contribution < 1.29 is 22.0 Å². The molecule has 0 saturated carbocycles. The predicted molar refractivity (Wildman–Crippen MR) is 93.8 cm³/mol. The van der Waals surface area contributed by atoms with Gasteiger partial charge in [0.1, 0.15) is 11.6 Å². The largest absolute Gasteiger partial charge is 0.326 e. The molecule has 0 aliphatic rings. The van der Waals surface area contributed by atoms with E-state index in [1.54, 1.807) is 11.9 Å². The first kappa shape index (κ1) is 20.0. The Morgan fingerprint density at radius 2 is 1.81 bits per heavy atom. The van der Waals surface area contributed by atoms with Gasteiger partial charge in [-0.05, 0) is 37.4 Å². The average molecular weight is 383 g/mol. The lowest BCUT2D eigenvalue weighted by Gasteiger charge is -2.17. The van der Waals surface area contributed by atoms with Gasteiger partial charge in [-0.15, -0.1) is 0 Å². The van der Waals surface area contributed by atoms with E-state index in [9.17, 15) is 22.0 Å². The molecule has 2 aromatic carbocycles. The number of rotatable bonds is 7. The third-order valence-corrected chi connectivity index (χ3v) is 4.57. The molecule has 1 amide bonds. The molecule has 0 bridgehead atoms. The van der Waals surface area contributed by atoms with Crippen LogP contribution in [0.1, 0.15) is 12.0 Å². The Labute approximate surface area is 150 Å². The molecule has 0 spiro atoms. The molecule has 0 unspecified atom stereocenters. The molecule has 0 fully saturated rings. The number of carbonyl (C=O) groups excluding carboxylic acids is 1. The fourth-order valence-electron chi connectivity index (χ4n) is 2.26. The van der Waals surface area contributed by atoms with Crippen LogP contribution in [0, 0.1) is 11.6 Å². The summed E-state index contributed by atoms with van der Waals surface area (Å²) in [5.74, 6) is -1.54. The summed E-state index contributed by atoms with van der Waals surface area (Å²) < 4.78 is 48.9. The van der Waals surface area contributed by atoms with Gasteiger partial charge in [0, 0.05) is 36.8 Å². The minimum absolute atomic E-state index is 0.0449. The van der Waals surface area contributed by atoms with E-state index in [2.05, 4.69) is 5.32 Å². The van der Waals surface area contributed by atoms with Gasteiger partial charge in [-0.3, -0.25) is 4.79 Å². The fraction of sp³-hybridized carbons (Fsp3) is 0.235. The van der Waals surface area contributed by atoms with Gasteiger partial charge in [0.05, 0.1) is 4.90 Å². The second-order valence-electron chi connectivity index (χ2n) is 5.84. The highest BCUT2D eigenvalue weighted by atomic mass is 32.2. The highest BCUT2D eigenvalue weighted by Crippen LogP contribution is 2.14. The number of anilines is 1. The first-order valence-corrected chi connectivity index (χ1v) is 9.25. The van der Waals surface area contributed by atoms with Gasteiger partial charge in [-0.25, -0.2) is 22.3 Å². The van der Waals surface area contributed by atoms with Crippen molar-refractivity contribution >= 4 is 21.6 Å². The van der Waals surface area contributed by atoms with Crippen LogP contribution < -0.4 is 10.5 Å². The molecule has 0 aliphatic carbocycles. The van der Waals surface area contributed by atoms with E-state index in [4.69, 9.17) is 5.14 Å². The monoisotopic (exact) mass is 383 g/mol. The van der Waals surface area contributed by atoms with Gasteiger partial charge in [0.2, 0.25) is 15.9 Å². The number of nitrogens with one attached hydrogen (secondary N) is 1. The Morgan fingerprint density at radius 1 is 1.15 bits per heavy atom. The maximum Gasteiger partial charge on any atom is 0.238 e. The number of nitrogens with two attached hydrogens (primary N) is 1. The zero-order valence-corrected chi connectivity index (χ0v) is 14.9. The van der Waals surface area contributed by atoms with Crippen LogP contribution >= 0.6 is 0 Å². The van der Waals surface area contributed by atoms with E-state index in [1.165, 1.54) is 36.4 Å². The average Bonchev–Trinajstić information content (AvgIpc) is 2.55. The number of halogens is 2. The summed E-state index contributed by atoms with van der Waals surface area (Å²) in [6.45, 7) is 0.598. The van der Waals surface area contributed by atoms with E-state index < -0.39 is 21.7 Å². The van der Waals surface area contributed by atoms with E-state index in [1.807, 2.05) is 0 Å². The first-order valence-electron chi connectivity index (χ1n) is 7.70. The maximum atomic E-state index is 13.6. The first-order chi connectivity index (χ1) is 12.1. The standard InChI is InChI=1S/C17H19F2N3O3S/c1-22(11-12-2-3-13(18)10-16(12)19)9-8-17(23)21-14-4-6-15(7-5-14)26(20,24)25/h2-7,10H,8-9,11H2,1H3,(H,21,23)(H2,20,24,25). The summed E-state index contributed by atoms with van der Waals surface area (Å²) in [6.07, 6.45) is 0.149. The van der Waals surface area contributed by atoms with Crippen molar-refractivity contribution in [1.29, 1.82) is 0 Å². The smallest absolute Gasteiger partial charge is 0.238 e. The third kappa shape index (κ3) is 5.87. The molecule has 26 heavy (non-hydrogen) atoms. The van der Waals surface area contributed by atoms with Crippen molar-refractivity contribution in [2.75, 3.05) is 18.9 Å². The zero-order chi connectivity index (χ0) is 19.3. The van der Waals surface area contributed by atoms with Gasteiger partial charge >= 0.3 is 0 Å². The zero-order valence-electron chi connectivity index (χ0n) is 14.1. The molecule has 0 aromatic heterocycles.